The van der Waals surface area contributed by atoms with E-state index in [1.54, 1.807) is 0 Å². The van der Waals surface area contributed by atoms with Crippen LogP contribution in [0.25, 0.3) is 0 Å². The van der Waals surface area contributed by atoms with E-state index < -0.39 is 0 Å². The second kappa shape index (κ2) is 4.10. The zero-order chi connectivity index (χ0) is 8.27. The van der Waals surface area contributed by atoms with Crippen molar-refractivity contribution in [1.82, 2.24) is 9.80 Å². The summed E-state index contributed by atoms with van der Waals surface area (Å²) < 4.78 is 0. The standard InChI is InChI=1S/C8H15ClN2/c1-8(9)7-11-5-3-10(2)4-6-11/h1,3-7H2,2H3. The average molecular weight is 175 g/mol. The lowest BCUT2D eigenvalue weighted by Gasteiger charge is -2.31. The van der Waals surface area contributed by atoms with Gasteiger partial charge in [-0.2, -0.15) is 0 Å². The van der Waals surface area contributed by atoms with Crippen LogP contribution in [0.4, 0.5) is 0 Å². The minimum atomic E-state index is 0.745. The van der Waals surface area contributed by atoms with Gasteiger partial charge in [0.25, 0.3) is 0 Å². The minimum absolute atomic E-state index is 0.745. The molecule has 0 aromatic rings. The molecule has 0 radical (unpaired) electrons. The van der Waals surface area contributed by atoms with Crippen LogP contribution in [0.1, 0.15) is 0 Å². The fraction of sp³-hybridized carbons (Fsp3) is 0.750. The summed E-state index contributed by atoms with van der Waals surface area (Å²) in [5, 5.41) is 0.745. The number of piperazine rings is 1. The first-order valence-corrected chi connectivity index (χ1v) is 4.30. The van der Waals surface area contributed by atoms with Gasteiger partial charge >= 0.3 is 0 Å². The van der Waals surface area contributed by atoms with Gasteiger partial charge in [0.15, 0.2) is 0 Å². The Morgan fingerprint density at radius 2 is 1.91 bits per heavy atom. The van der Waals surface area contributed by atoms with Crippen molar-refractivity contribution >= 4 is 11.6 Å². The molecule has 1 fully saturated rings. The van der Waals surface area contributed by atoms with Gasteiger partial charge in [-0.1, -0.05) is 18.2 Å². The molecule has 1 saturated heterocycles. The molecule has 0 aliphatic carbocycles. The van der Waals surface area contributed by atoms with Crippen molar-refractivity contribution < 1.29 is 0 Å². The third kappa shape index (κ3) is 3.23. The highest BCUT2D eigenvalue weighted by Crippen LogP contribution is 2.04. The van der Waals surface area contributed by atoms with E-state index in [4.69, 9.17) is 11.6 Å². The van der Waals surface area contributed by atoms with Crippen LogP contribution in [0.15, 0.2) is 11.6 Å². The molecule has 0 bridgehead atoms. The highest BCUT2D eigenvalue weighted by molar-refractivity contribution is 6.29. The van der Waals surface area contributed by atoms with Crippen molar-refractivity contribution in [2.45, 2.75) is 0 Å². The predicted molar refractivity (Wildman–Crippen MR) is 48.9 cm³/mol. The van der Waals surface area contributed by atoms with Crippen molar-refractivity contribution in [3.63, 3.8) is 0 Å². The molecule has 3 heteroatoms. The Morgan fingerprint density at radius 3 is 2.36 bits per heavy atom. The van der Waals surface area contributed by atoms with Gasteiger partial charge in [0.1, 0.15) is 0 Å². The van der Waals surface area contributed by atoms with E-state index in [2.05, 4.69) is 23.4 Å². The molecule has 0 spiro atoms. The van der Waals surface area contributed by atoms with Crippen LogP contribution in [-0.4, -0.2) is 49.6 Å². The van der Waals surface area contributed by atoms with Gasteiger partial charge in [0, 0.05) is 37.8 Å². The van der Waals surface area contributed by atoms with E-state index in [1.165, 1.54) is 0 Å². The van der Waals surface area contributed by atoms with Gasteiger partial charge in [-0.05, 0) is 7.05 Å². The Bertz CT molecular complexity index is 139. The Labute approximate surface area is 73.4 Å². The second-order valence-electron chi connectivity index (χ2n) is 3.10. The SMILES string of the molecule is C=C(Cl)CN1CCN(C)CC1. The van der Waals surface area contributed by atoms with Gasteiger partial charge < -0.3 is 4.90 Å². The molecule has 0 atom stereocenters. The maximum Gasteiger partial charge on any atom is 0.0336 e. The van der Waals surface area contributed by atoms with Crippen molar-refractivity contribution in [2.75, 3.05) is 39.8 Å². The number of hydrogen-bond donors (Lipinski definition) is 0. The molecule has 0 amide bonds. The average Bonchev–Trinajstić information content (AvgIpc) is 1.93. The van der Waals surface area contributed by atoms with Gasteiger partial charge in [0.2, 0.25) is 0 Å². The van der Waals surface area contributed by atoms with Crippen molar-refractivity contribution in [2.24, 2.45) is 0 Å². The summed E-state index contributed by atoms with van der Waals surface area (Å²) in [6.45, 7) is 9.03. The summed E-state index contributed by atoms with van der Waals surface area (Å²) in [6.07, 6.45) is 0. The molecular formula is C8H15ClN2. The Kier molecular flexibility index (Phi) is 3.37. The molecule has 1 heterocycles. The zero-order valence-electron chi connectivity index (χ0n) is 7.02. The molecule has 0 aromatic carbocycles. The first-order chi connectivity index (χ1) is 5.18. The maximum absolute atomic E-state index is 5.70. The largest absolute Gasteiger partial charge is 0.304 e. The van der Waals surface area contributed by atoms with E-state index in [0.29, 0.717) is 0 Å². The van der Waals surface area contributed by atoms with Crippen LogP contribution in [0, 0.1) is 0 Å². The topological polar surface area (TPSA) is 6.48 Å². The molecule has 1 aliphatic heterocycles. The minimum Gasteiger partial charge on any atom is -0.304 e. The third-order valence-corrected chi connectivity index (χ3v) is 2.11. The van der Waals surface area contributed by atoms with Crippen LogP contribution in [0.2, 0.25) is 0 Å². The molecular weight excluding hydrogens is 160 g/mol. The summed E-state index contributed by atoms with van der Waals surface area (Å²) >= 11 is 5.70. The molecule has 0 N–H and O–H groups in total. The summed E-state index contributed by atoms with van der Waals surface area (Å²) in [7, 11) is 2.15. The Morgan fingerprint density at radius 1 is 1.36 bits per heavy atom. The van der Waals surface area contributed by atoms with Gasteiger partial charge in [-0.25, -0.2) is 0 Å². The summed E-state index contributed by atoms with van der Waals surface area (Å²) in [6, 6.07) is 0. The number of hydrogen-bond acceptors (Lipinski definition) is 2. The predicted octanol–water partition coefficient (Wildman–Crippen LogP) is 0.986. The first kappa shape index (κ1) is 9.04. The summed E-state index contributed by atoms with van der Waals surface area (Å²) in [5.74, 6) is 0. The fourth-order valence-corrected chi connectivity index (χ4v) is 1.42. The zero-order valence-corrected chi connectivity index (χ0v) is 7.77. The van der Waals surface area contributed by atoms with Crippen LogP contribution in [-0.2, 0) is 0 Å². The monoisotopic (exact) mass is 174 g/mol. The van der Waals surface area contributed by atoms with E-state index in [1.807, 2.05) is 0 Å². The molecule has 1 aliphatic rings. The molecule has 0 aromatic heterocycles. The highest BCUT2D eigenvalue weighted by Gasteiger charge is 2.12. The molecule has 11 heavy (non-hydrogen) atoms. The van der Waals surface area contributed by atoms with Crippen LogP contribution >= 0.6 is 11.6 Å². The van der Waals surface area contributed by atoms with Gasteiger partial charge in [-0.3, -0.25) is 4.90 Å². The third-order valence-electron chi connectivity index (χ3n) is 1.99. The molecule has 0 saturated carbocycles. The Balaban J connectivity index is 2.22. The van der Waals surface area contributed by atoms with Crippen LogP contribution < -0.4 is 0 Å². The number of likely N-dealkylation sites (N-methyl/N-ethyl adjacent to an activating group) is 1. The molecule has 0 unspecified atom stereocenters. The lowest BCUT2D eigenvalue weighted by atomic mass is 10.3. The van der Waals surface area contributed by atoms with Gasteiger partial charge in [0.05, 0.1) is 0 Å². The van der Waals surface area contributed by atoms with Crippen LogP contribution in [0.3, 0.4) is 0 Å². The normalized spacial score (nSPS) is 22.0. The molecule has 64 valence electrons. The van der Waals surface area contributed by atoms with E-state index in [0.717, 1.165) is 37.8 Å². The van der Waals surface area contributed by atoms with Gasteiger partial charge in [-0.15, -0.1) is 0 Å². The molecule has 2 nitrogen and oxygen atoms in total. The van der Waals surface area contributed by atoms with E-state index in [-0.39, 0.29) is 0 Å². The number of halogens is 1. The summed E-state index contributed by atoms with van der Waals surface area (Å²) in [5.41, 5.74) is 0. The Hall–Kier alpha value is -0.0500. The first-order valence-electron chi connectivity index (χ1n) is 3.92. The van der Waals surface area contributed by atoms with Crippen molar-refractivity contribution in [3.05, 3.63) is 11.6 Å². The lowest BCUT2D eigenvalue weighted by Crippen LogP contribution is -2.44. The van der Waals surface area contributed by atoms with Crippen molar-refractivity contribution in [1.29, 1.82) is 0 Å². The summed E-state index contributed by atoms with van der Waals surface area (Å²) in [4.78, 5) is 4.66. The molecule has 1 rings (SSSR count). The van der Waals surface area contributed by atoms with E-state index >= 15 is 0 Å². The highest BCUT2D eigenvalue weighted by atomic mass is 35.5. The van der Waals surface area contributed by atoms with Crippen molar-refractivity contribution in [3.8, 4) is 0 Å². The maximum atomic E-state index is 5.70. The number of nitrogens with zero attached hydrogens (tertiary/aromatic N) is 2. The second-order valence-corrected chi connectivity index (χ2v) is 3.63. The quantitative estimate of drug-likeness (QED) is 0.616. The lowest BCUT2D eigenvalue weighted by molar-refractivity contribution is 0.165. The van der Waals surface area contributed by atoms with Crippen LogP contribution in [0.5, 0.6) is 0 Å². The fourth-order valence-electron chi connectivity index (χ4n) is 1.25. The van der Waals surface area contributed by atoms with E-state index in [9.17, 15) is 0 Å². The smallest absolute Gasteiger partial charge is 0.0336 e. The number of rotatable bonds is 2.